The summed E-state index contributed by atoms with van der Waals surface area (Å²) < 4.78 is 49.3. The van der Waals surface area contributed by atoms with Crippen LogP contribution >= 0.6 is 0 Å². The molecule has 0 radical (unpaired) electrons. The van der Waals surface area contributed by atoms with Crippen molar-refractivity contribution in [1.29, 1.82) is 0 Å². The summed E-state index contributed by atoms with van der Waals surface area (Å²) in [5.74, 6) is -0.689. The first-order chi connectivity index (χ1) is 18.2. The third-order valence-electron chi connectivity index (χ3n) is 6.05. The van der Waals surface area contributed by atoms with Crippen molar-refractivity contribution in [3.05, 3.63) is 84.2 Å². The zero-order valence-corrected chi connectivity index (χ0v) is 20.1. The highest BCUT2D eigenvalue weighted by Gasteiger charge is 2.36. The van der Waals surface area contributed by atoms with E-state index in [0.717, 1.165) is 22.5 Å². The molecule has 3 N–H and O–H groups in total. The molecule has 0 fully saturated rings. The summed E-state index contributed by atoms with van der Waals surface area (Å²) in [6.45, 7) is 1.99. The van der Waals surface area contributed by atoms with Gasteiger partial charge in [0.15, 0.2) is 11.6 Å². The number of carbonyl (C=O) groups is 1. The van der Waals surface area contributed by atoms with Crippen LogP contribution in [0.2, 0.25) is 0 Å². The minimum Gasteiger partial charge on any atom is -0.480 e. The van der Waals surface area contributed by atoms with E-state index in [4.69, 9.17) is 10.5 Å². The van der Waals surface area contributed by atoms with E-state index in [1.807, 2.05) is 41.8 Å². The molecule has 13 heteroatoms. The maximum atomic E-state index is 13.7. The van der Waals surface area contributed by atoms with E-state index in [2.05, 4.69) is 25.4 Å². The van der Waals surface area contributed by atoms with E-state index < -0.39 is 23.2 Å². The van der Waals surface area contributed by atoms with Crippen LogP contribution < -0.4 is 15.8 Å². The molecule has 0 saturated carbocycles. The fourth-order valence-electron chi connectivity index (χ4n) is 4.11. The molecular weight excluding hydrogens is 501 g/mol. The van der Waals surface area contributed by atoms with Crippen LogP contribution in [0.5, 0.6) is 5.88 Å². The lowest BCUT2D eigenvalue weighted by molar-refractivity contribution is -0.136. The molecule has 5 aromatic rings. The summed E-state index contributed by atoms with van der Waals surface area (Å²) in [7, 11) is 1.33. The van der Waals surface area contributed by atoms with Crippen LogP contribution in [-0.4, -0.2) is 42.2 Å². The molecule has 5 rings (SSSR count). The quantitative estimate of drug-likeness (QED) is 0.337. The molecule has 1 amide bonds. The summed E-state index contributed by atoms with van der Waals surface area (Å²) >= 11 is 0. The maximum absolute atomic E-state index is 13.7. The molecule has 4 heterocycles. The predicted octanol–water partition coefficient (Wildman–Crippen LogP) is 4.46. The van der Waals surface area contributed by atoms with Gasteiger partial charge >= 0.3 is 6.18 Å². The third-order valence-corrected chi connectivity index (χ3v) is 6.05. The van der Waals surface area contributed by atoms with E-state index in [1.165, 1.54) is 19.4 Å². The SMILES string of the molecule is COc1ncc(-c2cc(C(F)(F)F)c3c(N)ncnn23)cc1C(=O)Nc1cn(C(C)c2ccccc2)cn1. The lowest BCUT2D eigenvalue weighted by Gasteiger charge is -2.13. The average Bonchev–Trinajstić information content (AvgIpc) is 3.54. The Hall–Kier alpha value is -4.94. The number of fused-ring (bicyclic) bond motifs is 1. The first kappa shape index (κ1) is 24.7. The van der Waals surface area contributed by atoms with Crippen LogP contribution in [0, 0.1) is 0 Å². The number of methoxy groups -OCH3 is 1. The molecule has 0 aliphatic heterocycles. The number of hydrogen-bond donors (Lipinski definition) is 2. The number of nitrogens with one attached hydrogen (secondary N) is 1. The summed E-state index contributed by atoms with van der Waals surface area (Å²) in [4.78, 5) is 25.3. The van der Waals surface area contributed by atoms with Crippen molar-refractivity contribution in [3.63, 3.8) is 0 Å². The van der Waals surface area contributed by atoms with Gasteiger partial charge in [-0.3, -0.25) is 4.79 Å². The molecule has 194 valence electrons. The van der Waals surface area contributed by atoms with E-state index in [0.29, 0.717) is 0 Å². The highest BCUT2D eigenvalue weighted by molar-refractivity contribution is 6.06. The van der Waals surface area contributed by atoms with Crippen LogP contribution in [-0.2, 0) is 6.18 Å². The van der Waals surface area contributed by atoms with Crippen molar-refractivity contribution in [2.45, 2.75) is 19.1 Å². The zero-order valence-electron chi connectivity index (χ0n) is 20.1. The molecule has 10 nitrogen and oxygen atoms in total. The second-order valence-electron chi connectivity index (χ2n) is 8.37. The van der Waals surface area contributed by atoms with E-state index in [-0.39, 0.29) is 40.4 Å². The van der Waals surface area contributed by atoms with Crippen LogP contribution in [0.15, 0.2) is 67.5 Å². The minimum absolute atomic E-state index is 0.0128. The Morgan fingerprint density at radius 2 is 1.89 bits per heavy atom. The standard InChI is InChI=1S/C25H21F3N8O2/c1-14(15-6-4-3-5-7-15)35-11-20(32-13-35)34-23(37)17-8-16(10-30-24(17)38-2)19-9-18(25(26,27)28)21-22(29)31-12-33-36(19)21/h3-14H,1-2H3,(H,34,37)(H2,29,31,33). The number of hydrogen-bond acceptors (Lipinski definition) is 7. The third kappa shape index (κ3) is 4.49. The normalized spacial score (nSPS) is 12.4. The highest BCUT2D eigenvalue weighted by Crippen LogP contribution is 2.39. The van der Waals surface area contributed by atoms with Gasteiger partial charge in [-0.05, 0) is 24.6 Å². The molecule has 0 aliphatic carbocycles. The van der Waals surface area contributed by atoms with Crippen molar-refractivity contribution in [1.82, 2.24) is 29.1 Å². The number of nitrogen functional groups attached to an aromatic ring is 1. The van der Waals surface area contributed by atoms with Gasteiger partial charge in [-0.25, -0.2) is 19.5 Å². The molecule has 1 unspecified atom stereocenters. The van der Waals surface area contributed by atoms with Crippen LogP contribution in [0.3, 0.4) is 0 Å². The van der Waals surface area contributed by atoms with Gasteiger partial charge in [0.05, 0.1) is 30.7 Å². The largest absolute Gasteiger partial charge is 0.480 e. The predicted molar refractivity (Wildman–Crippen MR) is 133 cm³/mol. The number of alkyl halides is 3. The number of anilines is 2. The number of rotatable bonds is 6. The number of benzene rings is 1. The maximum Gasteiger partial charge on any atom is 0.418 e. The van der Waals surface area contributed by atoms with E-state index in [9.17, 15) is 18.0 Å². The van der Waals surface area contributed by atoms with Crippen molar-refractivity contribution < 1.29 is 22.7 Å². The number of carbonyl (C=O) groups excluding carboxylic acids is 1. The zero-order chi connectivity index (χ0) is 27.0. The molecule has 0 bridgehead atoms. The van der Waals surface area contributed by atoms with E-state index in [1.54, 1.807) is 12.5 Å². The highest BCUT2D eigenvalue weighted by atomic mass is 19.4. The number of imidazole rings is 1. The van der Waals surface area contributed by atoms with Crippen LogP contribution in [0.1, 0.15) is 34.5 Å². The van der Waals surface area contributed by atoms with Crippen molar-refractivity contribution in [2.75, 3.05) is 18.2 Å². The van der Waals surface area contributed by atoms with Gasteiger partial charge in [-0.1, -0.05) is 30.3 Å². The summed E-state index contributed by atoms with van der Waals surface area (Å²) in [5.41, 5.74) is 5.58. The lowest BCUT2D eigenvalue weighted by atomic mass is 10.1. The monoisotopic (exact) mass is 522 g/mol. The average molecular weight is 522 g/mol. The van der Waals surface area contributed by atoms with Crippen molar-refractivity contribution in [2.24, 2.45) is 0 Å². The number of nitrogens with zero attached hydrogens (tertiary/aromatic N) is 6. The Kier molecular flexibility index (Phi) is 6.18. The molecular formula is C25H21F3N8O2. The number of pyridine rings is 1. The number of amides is 1. The van der Waals surface area contributed by atoms with E-state index >= 15 is 0 Å². The molecule has 0 saturated heterocycles. The number of nitrogens with two attached hydrogens (primary N) is 1. The topological polar surface area (TPSA) is 125 Å². The summed E-state index contributed by atoms with van der Waals surface area (Å²) in [5, 5.41) is 6.63. The Balaban J connectivity index is 1.49. The van der Waals surface area contributed by atoms with Gasteiger partial charge in [0, 0.05) is 18.0 Å². The molecule has 1 aromatic carbocycles. The number of halogens is 3. The fourth-order valence-corrected chi connectivity index (χ4v) is 4.11. The van der Waals surface area contributed by atoms with Crippen molar-refractivity contribution in [3.8, 4) is 17.1 Å². The van der Waals surface area contributed by atoms with Gasteiger partial charge in [-0.2, -0.15) is 18.3 Å². The van der Waals surface area contributed by atoms with Gasteiger partial charge < -0.3 is 20.4 Å². The second kappa shape index (κ2) is 9.50. The lowest BCUT2D eigenvalue weighted by Crippen LogP contribution is -2.14. The molecule has 0 aliphatic rings. The summed E-state index contributed by atoms with van der Waals surface area (Å²) in [6.07, 6.45) is 0.886. The van der Waals surface area contributed by atoms with Crippen molar-refractivity contribution >= 4 is 23.1 Å². The summed E-state index contributed by atoms with van der Waals surface area (Å²) in [6, 6.07) is 12.0. The Labute approximate surface area is 213 Å². The number of ether oxygens (including phenoxy) is 1. The fraction of sp³-hybridized carbons (Fsp3) is 0.160. The second-order valence-corrected chi connectivity index (χ2v) is 8.37. The first-order valence-corrected chi connectivity index (χ1v) is 11.3. The minimum atomic E-state index is -4.71. The van der Waals surface area contributed by atoms with Gasteiger partial charge in [0.25, 0.3) is 5.91 Å². The van der Waals surface area contributed by atoms with Crippen LogP contribution in [0.4, 0.5) is 24.8 Å². The van der Waals surface area contributed by atoms with Gasteiger partial charge in [-0.15, -0.1) is 0 Å². The van der Waals surface area contributed by atoms with Gasteiger partial charge in [0.2, 0.25) is 5.88 Å². The molecule has 38 heavy (non-hydrogen) atoms. The molecule has 0 spiro atoms. The smallest absolute Gasteiger partial charge is 0.418 e. The van der Waals surface area contributed by atoms with Gasteiger partial charge in [0.1, 0.15) is 17.4 Å². The first-order valence-electron chi connectivity index (χ1n) is 11.3. The Morgan fingerprint density at radius 1 is 1.13 bits per heavy atom. The Bertz CT molecular complexity index is 1630. The molecule has 1 atom stereocenters. The Morgan fingerprint density at radius 3 is 2.61 bits per heavy atom. The number of aromatic nitrogens is 6. The molecule has 4 aromatic heterocycles. The van der Waals surface area contributed by atoms with Crippen LogP contribution in [0.25, 0.3) is 16.8 Å².